The Labute approximate surface area is 222 Å². The normalized spacial score (nSPS) is 14.7. The molecular weight excluding hydrogens is 478 g/mol. The van der Waals surface area contributed by atoms with E-state index in [0.29, 0.717) is 22.5 Å². The van der Waals surface area contributed by atoms with Crippen LogP contribution in [0.25, 0.3) is 11.0 Å². The van der Waals surface area contributed by atoms with Gasteiger partial charge < -0.3 is 10.1 Å². The molecule has 38 heavy (non-hydrogen) atoms. The van der Waals surface area contributed by atoms with Crippen LogP contribution in [0, 0.1) is 6.92 Å². The van der Waals surface area contributed by atoms with Crippen LogP contribution in [0.3, 0.4) is 0 Å². The zero-order valence-electron chi connectivity index (χ0n) is 21.8. The maximum absolute atomic E-state index is 14.2. The van der Waals surface area contributed by atoms with Gasteiger partial charge in [-0.3, -0.25) is 14.5 Å². The van der Waals surface area contributed by atoms with E-state index in [2.05, 4.69) is 15.6 Å². The Balaban J connectivity index is 1.58. The Bertz CT molecular complexity index is 1430. The van der Waals surface area contributed by atoms with Crippen LogP contribution in [0.15, 0.2) is 72.8 Å². The van der Waals surface area contributed by atoms with E-state index >= 15 is 0 Å². The van der Waals surface area contributed by atoms with Gasteiger partial charge in [0.1, 0.15) is 23.9 Å². The van der Waals surface area contributed by atoms with E-state index in [1.165, 1.54) is 6.42 Å². The van der Waals surface area contributed by atoms with Gasteiger partial charge in [0.25, 0.3) is 0 Å². The highest BCUT2D eigenvalue weighted by molar-refractivity contribution is 6.02. The van der Waals surface area contributed by atoms with Crippen molar-refractivity contribution in [2.75, 3.05) is 12.0 Å². The number of anilines is 1. The Morgan fingerprint density at radius 1 is 1.03 bits per heavy atom. The number of para-hydroxylation sites is 2. The largest absolute Gasteiger partial charge is 0.497 e. The molecule has 3 aromatic carbocycles. The third-order valence-electron chi connectivity index (χ3n) is 7.22. The molecule has 1 atom stereocenters. The minimum absolute atomic E-state index is 0.0635. The maximum Gasteiger partial charge on any atom is 0.249 e. The van der Waals surface area contributed by atoms with Crippen LogP contribution in [0.5, 0.6) is 5.75 Å². The van der Waals surface area contributed by atoms with Crippen LogP contribution < -0.4 is 15.0 Å². The zero-order valence-corrected chi connectivity index (χ0v) is 21.8. The van der Waals surface area contributed by atoms with Crippen molar-refractivity contribution in [1.29, 1.82) is 0 Å². The van der Waals surface area contributed by atoms with Gasteiger partial charge in [-0.25, -0.2) is 4.68 Å². The quantitative estimate of drug-likeness (QED) is 0.361. The number of nitrogens with one attached hydrogen (secondary N) is 1. The molecule has 1 aliphatic rings. The first-order valence-corrected chi connectivity index (χ1v) is 13.2. The molecule has 2 amide bonds. The fraction of sp³-hybridized carbons (Fsp3) is 0.333. The summed E-state index contributed by atoms with van der Waals surface area (Å²) in [7, 11) is 1.59. The lowest BCUT2D eigenvalue weighted by Crippen LogP contribution is -2.48. The Kier molecular flexibility index (Phi) is 7.67. The minimum atomic E-state index is -0.893. The van der Waals surface area contributed by atoms with Gasteiger partial charge in [0.2, 0.25) is 11.8 Å². The van der Waals surface area contributed by atoms with Gasteiger partial charge in [0.15, 0.2) is 0 Å². The molecule has 0 saturated heterocycles. The fourth-order valence-electron chi connectivity index (χ4n) is 5.25. The van der Waals surface area contributed by atoms with E-state index in [1.807, 2.05) is 79.7 Å². The lowest BCUT2D eigenvalue weighted by Gasteiger charge is -2.34. The van der Waals surface area contributed by atoms with Crippen molar-refractivity contribution in [3.05, 3.63) is 83.9 Å². The van der Waals surface area contributed by atoms with Gasteiger partial charge >= 0.3 is 0 Å². The van der Waals surface area contributed by atoms with Gasteiger partial charge in [0.05, 0.1) is 12.6 Å². The highest BCUT2D eigenvalue weighted by Crippen LogP contribution is 2.33. The molecule has 196 valence electrons. The summed E-state index contributed by atoms with van der Waals surface area (Å²) in [6.45, 7) is 1.88. The number of ether oxygens (including phenoxy) is 1. The number of amides is 2. The number of aryl methyl sites for hydroxylation is 1. The molecule has 0 bridgehead atoms. The number of hydrogen-bond acceptors (Lipinski definition) is 5. The van der Waals surface area contributed by atoms with E-state index in [9.17, 15) is 9.59 Å². The number of aromatic nitrogens is 3. The average molecular weight is 512 g/mol. The summed E-state index contributed by atoms with van der Waals surface area (Å²) in [5.41, 5.74) is 3.71. The second-order valence-electron chi connectivity index (χ2n) is 9.81. The average Bonchev–Trinajstić information content (AvgIpc) is 3.35. The number of carbonyl (C=O) groups is 2. The van der Waals surface area contributed by atoms with E-state index in [-0.39, 0.29) is 24.4 Å². The molecule has 0 radical (unpaired) electrons. The molecule has 4 aromatic rings. The van der Waals surface area contributed by atoms with Crippen molar-refractivity contribution in [1.82, 2.24) is 20.3 Å². The predicted octanol–water partition coefficient (Wildman–Crippen LogP) is 4.97. The smallest absolute Gasteiger partial charge is 0.249 e. The summed E-state index contributed by atoms with van der Waals surface area (Å²) in [4.78, 5) is 29.9. The number of methoxy groups -OCH3 is 1. The molecule has 0 aliphatic heterocycles. The van der Waals surface area contributed by atoms with E-state index in [1.54, 1.807) is 16.7 Å². The highest BCUT2D eigenvalue weighted by atomic mass is 16.5. The lowest BCUT2D eigenvalue weighted by atomic mass is 9.94. The number of fused-ring (bicyclic) bond motifs is 1. The molecule has 1 heterocycles. The summed E-state index contributed by atoms with van der Waals surface area (Å²) in [5.74, 6) is 0.157. The topological polar surface area (TPSA) is 89.4 Å². The van der Waals surface area contributed by atoms with E-state index in [4.69, 9.17) is 4.74 Å². The zero-order chi connectivity index (χ0) is 26.5. The lowest BCUT2D eigenvalue weighted by molar-refractivity contribution is -0.127. The second-order valence-corrected chi connectivity index (χ2v) is 9.81. The van der Waals surface area contributed by atoms with Gasteiger partial charge in [-0.1, -0.05) is 66.9 Å². The van der Waals surface area contributed by atoms with Crippen LogP contribution in [-0.2, 0) is 16.1 Å². The fourth-order valence-corrected chi connectivity index (χ4v) is 5.25. The van der Waals surface area contributed by atoms with Gasteiger partial charge in [-0.2, -0.15) is 0 Å². The van der Waals surface area contributed by atoms with Crippen molar-refractivity contribution in [2.45, 2.75) is 57.7 Å². The molecule has 8 nitrogen and oxygen atoms in total. The first-order valence-electron chi connectivity index (χ1n) is 13.2. The number of nitrogens with zero attached hydrogens (tertiary/aromatic N) is 4. The van der Waals surface area contributed by atoms with E-state index < -0.39 is 6.04 Å². The summed E-state index contributed by atoms with van der Waals surface area (Å²) in [6.07, 6.45) is 5.26. The molecule has 0 unspecified atom stereocenters. The number of carbonyl (C=O) groups excluding carboxylic acids is 2. The third kappa shape index (κ3) is 5.39. The number of benzene rings is 3. The summed E-state index contributed by atoms with van der Waals surface area (Å²) >= 11 is 0. The molecule has 1 saturated carbocycles. The van der Waals surface area contributed by atoms with Crippen LogP contribution in [-0.4, -0.2) is 40.0 Å². The first kappa shape index (κ1) is 25.4. The molecule has 0 spiro atoms. The Morgan fingerprint density at radius 2 is 1.79 bits per heavy atom. The van der Waals surface area contributed by atoms with Crippen molar-refractivity contribution in [3.63, 3.8) is 0 Å². The van der Waals surface area contributed by atoms with Gasteiger partial charge in [0, 0.05) is 11.7 Å². The third-order valence-corrected chi connectivity index (χ3v) is 7.22. The molecule has 1 aromatic heterocycles. The Hall–Kier alpha value is -4.20. The van der Waals surface area contributed by atoms with Crippen molar-refractivity contribution in [2.24, 2.45) is 0 Å². The summed E-state index contributed by atoms with van der Waals surface area (Å²) < 4.78 is 7.07. The van der Waals surface area contributed by atoms with Crippen LogP contribution >= 0.6 is 0 Å². The molecule has 5 rings (SSSR count). The standard InChI is InChI=1S/C30H33N5O3/c1-21-11-6-8-17-26(21)35(28(36)20-34-27-18-9-7-16-25(27)32-33-34)29(22-12-10-15-24(19-22)38-2)30(37)31-23-13-4-3-5-14-23/h6-12,15-19,23,29H,3-5,13-14,20H2,1-2H3,(H,31,37)/t29-/m0/s1. The molecule has 8 heteroatoms. The summed E-state index contributed by atoms with van der Waals surface area (Å²) in [6, 6.07) is 21.7. The monoisotopic (exact) mass is 511 g/mol. The molecule has 1 aliphatic carbocycles. The van der Waals surface area contributed by atoms with Crippen LogP contribution in [0.1, 0.15) is 49.3 Å². The number of hydrogen-bond donors (Lipinski definition) is 1. The van der Waals surface area contributed by atoms with Gasteiger partial charge in [-0.15, -0.1) is 5.10 Å². The first-order chi connectivity index (χ1) is 18.5. The maximum atomic E-state index is 14.2. The highest BCUT2D eigenvalue weighted by Gasteiger charge is 2.35. The second kappa shape index (κ2) is 11.5. The van der Waals surface area contributed by atoms with Crippen molar-refractivity contribution >= 4 is 28.5 Å². The molecular formula is C30H33N5O3. The molecule has 1 fully saturated rings. The van der Waals surface area contributed by atoms with Crippen molar-refractivity contribution < 1.29 is 14.3 Å². The SMILES string of the molecule is COc1cccc([C@@H](C(=O)NC2CCCCC2)N(C(=O)Cn2nnc3ccccc32)c2ccccc2C)c1. The summed E-state index contributed by atoms with van der Waals surface area (Å²) in [5, 5.41) is 11.7. The van der Waals surface area contributed by atoms with Crippen LogP contribution in [0.2, 0.25) is 0 Å². The van der Waals surface area contributed by atoms with Crippen molar-refractivity contribution in [3.8, 4) is 5.75 Å². The number of rotatable bonds is 8. The van der Waals surface area contributed by atoms with E-state index in [0.717, 1.165) is 36.8 Å². The van der Waals surface area contributed by atoms with Gasteiger partial charge in [-0.05, 0) is 61.2 Å². The molecule has 1 N–H and O–H groups in total. The predicted molar refractivity (Wildman–Crippen MR) is 147 cm³/mol. The minimum Gasteiger partial charge on any atom is -0.497 e. The Morgan fingerprint density at radius 3 is 2.58 bits per heavy atom. The van der Waals surface area contributed by atoms with Crippen LogP contribution in [0.4, 0.5) is 5.69 Å².